The molecule has 1 rings (SSSR count). The lowest BCUT2D eigenvalue weighted by molar-refractivity contribution is 0.203. The third kappa shape index (κ3) is 3.72. The summed E-state index contributed by atoms with van der Waals surface area (Å²) in [6.45, 7) is 8.24. The van der Waals surface area contributed by atoms with E-state index in [0.29, 0.717) is 6.04 Å². The molecule has 0 amide bonds. The van der Waals surface area contributed by atoms with Crippen LogP contribution in [-0.2, 0) is 11.3 Å². The Balaban J connectivity index is 2.96. The molecule has 0 saturated heterocycles. The van der Waals surface area contributed by atoms with E-state index in [1.54, 1.807) is 7.11 Å². The molecule has 0 saturated carbocycles. The van der Waals surface area contributed by atoms with Gasteiger partial charge in [0.05, 0.1) is 13.2 Å². The molecule has 1 aromatic carbocycles. The second-order valence-electron chi connectivity index (χ2n) is 4.72. The topological polar surface area (TPSA) is 32.7 Å². The van der Waals surface area contributed by atoms with Crippen molar-refractivity contribution in [3.8, 4) is 0 Å². The molecule has 0 aliphatic rings. The van der Waals surface area contributed by atoms with Crippen LogP contribution in [-0.4, -0.2) is 31.4 Å². The van der Waals surface area contributed by atoms with Gasteiger partial charge in [-0.3, -0.25) is 0 Å². The zero-order chi connectivity index (χ0) is 13.5. The minimum Gasteiger partial charge on any atom is -0.392 e. The van der Waals surface area contributed by atoms with E-state index in [1.807, 2.05) is 6.07 Å². The molecule has 102 valence electrons. The summed E-state index contributed by atoms with van der Waals surface area (Å²) in [6.07, 6.45) is 1.10. The fourth-order valence-electron chi connectivity index (χ4n) is 2.13. The normalized spacial score (nSPS) is 12.5. The smallest absolute Gasteiger partial charge is 0.0681 e. The van der Waals surface area contributed by atoms with Crippen LogP contribution in [0, 0.1) is 6.92 Å². The van der Waals surface area contributed by atoms with Gasteiger partial charge in [0.1, 0.15) is 0 Å². The zero-order valence-electron chi connectivity index (χ0n) is 11.9. The fraction of sp³-hybridized carbons (Fsp3) is 0.600. The minimum atomic E-state index is 0.0997. The first-order valence-electron chi connectivity index (χ1n) is 6.60. The lowest BCUT2D eigenvalue weighted by atomic mass is 10.1. The number of benzene rings is 1. The number of aliphatic hydroxyl groups is 1. The van der Waals surface area contributed by atoms with Gasteiger partial charge in [-0.15, -0.1) is 0 Å². The highest BCUT2D eigenvalue weighted by Gasteiger charge is 2.14. The Morgan fingerprint density at radius 3 is 2.61 bits per heavy atom. The average Bonchev–Trinajstić information content (AvgIpc) is 2.39. The van der Waals surface area contributed by atoms with Crippen LogP contribution in [0.25, 0.3) is 0 Å². The van der Waals surface area contributed by atoms with Gasteiger partial charge in [0, 0.05) is 25.4 Å². The van der Waals surface area contributed by atoms with E-state index in [2.05, 4.69) is 37.8 Å². The lowest BCUT2D eigenvalue weighted by Crippen LogP contribution is -2.35. The highest BCUT2D eigenvalue weighted by atomic mass is 16.5. The van der Waals surface area contributed by atoms with Gasteiger partial charge in [0.25, 0.3) is 0 Å². The zero-order valence-corrected chi connectivity index (χ0v) is 11.9. The number of aliphatic hydroxyl groups excluding tert-OH is 1. The van der Waals surface area contributed by atoms with Crippen molar-refractivity contribution in [1.29, 1.82) is 0 Å². The van der Waals surface area contributed by atoms with Crippen LogP contribution in [0.3, 0.4) is 0 Å². The van der Waals surface area contributed by atoms with Crippen molar-refractivity contribution in [3.05, 3.63) is 29.3 Å². The van der Waals surface area contributed by atoms with Crippen molar-refractivity contribution >= 4 is 5.69 Å². The molecule has 0 fully saturated rings. The molecular weight excluding hydrogens is 226 g/mol. The number of hydrogen-bond acceptors (Lipinski definition) is 3. The molecule has 0 spiro atoms. The molecule has 3 nitrogen and oxygen atoms in total. The largest absolute Gasteiger partial charge is 0.392 e. The van der Waals surface area contributed by atoms with Crippen LogP contribution < -0.4 is 4.90 Å². The summed E-state index contributed by atoms with van der Waals surface area (Å²) < 4.78 is 5.19. The average molecular weight is 251 g/mol. The molecule has 1 N–H and O–H groups in total. The molecule has 0 heterocycles. The third-order valence-corrected chi connectivity index (χ3v) is 3.41. The quantitative estimate of drug-likeness (QED) is 0.809. The molecule has 0 bridgehead atoms. The maximum Gasteiger partial charge on any atom is 0.0681 e. The maximum absolute atomic E-state index is 9.15. The number of methoxy groups -OCH3 is 1. The molecule has 0 radical (unpaired) electrons. The number of nitrogens with zero attached hydrogens (tertiary/aromatic N) is 1. The molecule has 18 heavy (non-hydrogen) atoms. The Morgan fingerprint density at radius 2 is 2.11 bits per heavy atom. The summed E-state index contributed by atoms with van der Waals surface area (Å²) in [5, 5.41) is 9.15. The molecule has 1 unspecified atom stereocenters. The second kappa shape index (κ2) is 7.39. The molecule has 0 aromatic heterocycles. The van der Waals surface area contributed by atoms with Gasteiger partial charge in [-0.25, -0.2) is 0 Å². The number of aryl methyl sites for hydroxylation is 1. The third-order valence-electron chi connectivity index (χ3n) is 3.41. The first kappa shape index (κ1) is 15.0. The highest BCUT2D eigenvalue weighted by molar-refractivity contribution is 5.55. The van der Waals surface area contributed by atoms with E-state index in [9.17, 15) is 0 Å². The number of anilines is 1. The van der Waals surface area contributed by atoms with Gasteiger partial charge >= 0.3 is 0 Å². The van der Waals surface area contributed by atoms with Crippen LogP contribution in [0.2, 0.25) is 0 Å². The maximum atomic E-state index is 9.15. The first-order chi connectivity index (χ1) is 8.63. The predicted octanol–water partition coefficient (Wildman–Crippen LogP) is 2.74. The van der Waals surface area contributed by atoms with Crippen molar-refractivity contribution < 1.29 is 9.84 Å². The van der Waals surface area contributed by atoms with Crippen LogP contribution in [0.5, 0.6) is 0 Å². The van der Waals surface area contributed by atoms with Gasteiger partial charge in [0.15, 0.2) is 0 Å². The second-order valence-corrected chi connectivity index (χ2v) is 4.72. The minimum absolute atomic E-state index is 0.0997. The number of hydrogen-bond donors (Lipinski definition) is 1. The Morgan fingerprint density at radius 1 is 1.39 bits per heavy atom. The van der Waals surface area contributed by atoms with Crippen LogP contribution in [0.1, 0.15) is 31.4 Å². The number of ether oxygens (including phenoxy) is 1. The number of rotatable bonds is 7. The summed E-state index contributed by atoms with van der Waals surface area (Å²) in [6, 6.07) is 6.63. The Kier molecular flexibility index (Phi) is 6.16. The van der Waals surface area contributed by atoms with Crippen molar-refractivity contribution in [1.82, 2.24) is 0 Å². The van der Waals surface area contributed by atoms with E-state index in [0.717, 1.165) is 25.1 Å². The van der Waals surface area contributed by atoms with Gasteiger partial charge in [0.2, 0.25) is 0 Å². The van der Waals surface area contributed by atoms with Crippen molar-refractivity contribution in [2.24, 2.45) is 0 Å². The fourth-order valence-corrected chi connectivity index (χ4v) is 2.13. The van der Waals surface area contributed by atoms with Crippen LogP contribution >= 0.6 is 0 Å². The van der Waals surface area contributed by atoms with Crippen molar-refractivity contribution in [2.45, 2.75) is 39.8 Å². The Hall–Kier alpha value is -1.06. The van der Waals surface area contributed by atoms with Crippen molar-refractivity contribution in [2.75, 3.05) is 25.2 Å². The highest BCUT2D eigenvalue weighted by Crippen LogP contribution is 2.24. The molecule has 0 aliphatic carbocycles. The summed E-state index contributed by atoms with van der Waals surface area (Å²) in [4.78, 5) is 2.37. The van der Waals surface area contributed by atoms with Gasteiger partial charge in [-0.1, -0.05) is 19.1 Å². The Labute approximate surface area is 110 Å². The first-order valence-corrected chi connectivity index (χ1v) is 6.60. The van der Waals surface area contributed by atoms with E-state index in [4.69, 9.17) is 9.84 Å². The van der Waals surface area contributed by atoms with Crippen LogP contribution in [0.15, 0.2) is 18.2 Å². The lowest BCUT2D eigenvalue weighted by Gasteiger charge is -2.32. The summed E-state index contributed by atoms with van der Waals surface area (Å²) in [7, 11) is 1.73. The molecule has 3 heteroatoms. The van der Waals surface area contributed by atoms with E-state index in [1.165, 1.54) is 11.3 Å². The van der Waals surface area contributed by atoms with E-state index >= 15 is 0 Å². The predicted molar refractivity (Wildman–Crippen MR) is 76.1 cm³/mol. The standard InChI is InChI=1S/C15H25NO2/c1-5-13(3)16(8-9-18-4)15-7-6-14(11-17)10-12(15)2/h6-7,10,13,17H,5,8-9,11H2,1-4H3. The Bertz CT molecular complexity index is 366. The van der Waals surface area contributed by atoms with Gasteiger partial charge in [-0.05, 0) is 37.5 Å². The SMILES string of the molecule is CCC(C)N(CCOC)c1ccc(CO)cc1C. The summed E-state index contributed by atoms with van der Waals surface area (Å²) in [5.74, 6) is 0. The summed E-state index contributed by atoms with van der Waals surface area (Å²) >= 11 is 0. The van der Waals surface area contributed by atoms with Gasteiger partial charge in [-0.2, -0.15) is 0 Å². The van der Waals surface area contributed by atoms with Crippen molar-refractivity contribution in [3.63, 3.8) is 0 Å². The monoisotopic (exact) mass is 251 g/mol. The van der Waals surface area contributed by atoms with E-state index in [-0.39, 0.29) is 6.61 Å². The molecule has 1 aromatic rings. The van der Waals surface area contributed by atoms with Gasteiger partial charge < -0.3 is 14.7 Å². The molecular formula is C15H25NO2. The summed E-state index contributed by atoms with van der Waals surface area (Å²) in [5.41, 5.74) is 3.41. The van der Waals surface area contributed by atoms with E-state index < -0.39 is 0 Å². The van der Waals surface area contributed by atoms with Crippen LogP contribution in [0.4, 0.5) is 5.69 Å². The molecule has 0 aliphatic heterocycles. The molecule has 1 atom stereocenters.